The Hall–Kier alpha value is -3.02. The van der Waals surface area contributed by atoms with Crippen molar-refractivity contribution < 1.29 is 36.7 Å². The van der Waals surface area contributed by atoms with Gasteiger partial charge in [-0.2, -0.15) is 4.31 Å². The van der Waals surface area contributed by atoms with E-state index in [0.29, 0.717) is 24.9 Å². The zero-order valence-corrected chi connectivity index (χ0v) is 22.0. The van der Waals surface area contributed by atoms with Gasteiger partial charge in [-0.3, -0.25) is 4.79 Å². The van der Waals surface area contributed by atoms with Crippen LogP contribution >= 0.6 is 15.9 Å². The second-order valence-electron chi connectivity index (χ2n) is 7.39. The van der Waals surface area contributed by atoms with Gasteiger partial charge < -0.3 is 13.9 Å². The highest BCUT2D eigenvalue weighted by molar-refractivity contribution is 9.10. The van der Waals surface area contributed by atoms with Gasteiger partial charge in [0.15, 0.2) is 12.0 Å². The number of aldehydes is 1. The highest BCUT2D eigenvalue weighted by Crippen LogP contribution is 2.40. The molecular weight excluding hydrogens is 542 g/mol. The molecule has 0 aliphatic carbocycles. The SMILES string of the molecule is CCOC(=O)c1c(C=O)oc2c(C)cc(OC(=O)c3ccc(S(=O)(=O)N(CC)CC)cc3)c(Br)c12. The molecule has 2 aromatic carbocycles. The Morgan fingerprint density at radius 1 is 1.09 bits per heavy atom. The van der Waals surface area contributed by atoms with Crippen LogP contribution in [0.2, 0.25) is 0 Å². The fourth-order valence-electron chi connectivity index (χ4n) is 3.58. The summed E-state index contributed by atoms with van der Waals surface area (Å²) < 4.78 is 43.0. The molecular formula is C24H24BrNO8S. The number of halogens is 1. The van der Waals surface area contributed by atoms with E-state index in [4.69, 9.17) is 13.9 Å². The minimum Gasteiger partial charge on any atom is -0.462 e. The molecule has 1 heterocycles. The number of aryl methyl sites for hydroxylation is 1. The standard InChI is InChI=1S/C24H24BrNO8S/c1-5-26(6-2)35(30,31)16-10-8-15(9-11-16)23(28)34-17-12-14(4)22-20(21(17)25)19(18(13-27)33-22)24(29)32-7-3/h8-13H,5-7H2,1-4H3. The van der Waals surface area contributed by atoms with Crippen LogP contribution in [0.1, 0.15) is 57.6 Å². The van der Waals surface area contributed by atoms with Gasteiger partial charge in [0.25, 0.3) is 0 Å². The third-order valence-corrected chi connectivity index (χ3v) is 8.15. The van der Waals surface area contributed by atoms with Crippen LogP contribution in [0, 0.1) is 6.92 Å². The van der Waals surface area contributed by atoms with Gasteiger partial charge in [-0.1, -0.05) is 13.8 Å². The molecule has 9 nitrogen and oxygen atoms in total. The summed E-state index contributed by atoms with van der Waals surface area (Å²) in [5, 5.41) is 0.244. The Balaban J connectivity index is 1.98. The number of fused-ring (bicyclic) bond motifs is 1. The van der Waals surface area contributed by atoms with E-state index in [0.717, 1.165) is 0 Å². The molecule has 186 valence electrons. The summed E-state index contributed by atoms with van der Waals surface area (Å²) in [5.74, 6) is -1.60. The predicted octanol–water partition coefficient (Wildman–Crippen LogP) is 4.74. The summed E-state index contributed by atoms with van der Waals surface area (Å²) in [4.78, 5) is 36.9. The van der Waals surface area contributed by atoms with Crippen molar-refractivity contribution in [3.05, 3.63) is 57.3 Å². The lowest BCUT2D eigenvalue weighted by Crippen LogP contribution is -2.30. The molecule has 0 spiro atoms. The summed E-state index contributed by atoms with van der Waals surface area (Å²) in [6.07, 6.45) is 0.414. The van der Waals surface area contributed by atoms with Crippen molar-refractivity contribution in [2.24, 2.45) is 0 Å². The lowest BCUT2D eigenvalue weighted by atomic mass is 10.1. The van der Waals surface area contributed by atoms with Crippen LogP contribution in [0.3, 0.4) is 0 Å². The number of hydrogen-bond donors (Lipinski definition) is 0. The maximum absolute atomic E-state index is 12.8. The molecule has 0 fully saturated rings. The van der Waals surface area contributed by atoms with Crippen LogP contribution < -0.4 is 4.74 Å². The predicted molar refractivity (Wildman–Crippen MR) is 132 cm³/mol. The largest absolute Gasteiger partial charge is 0.462 e. The van der Waals surface area contributed by atoms with E-state index in [9.17, 15) is 22.8 Å². The zero-order chi connectivity index (χ0) is 25.9. The van der Waals surface area contributed by atoms with Gasteiger partial charge in [0.2, 0.25) is 10.0 Å². The Kier molecular flexibility index (Phi) is 8.14. The second-order valence-corrected chi connectivity index (χ2v) is 10.1. The minimum atomic E-state index is -3.67. The fourth-order valence-corrected chi connectivity index (χ4v) is 5.61. The topological polar surface area (TPSA) is 120 Å². The molecule has 11 heteroatoms. The molecule has 0 unspecified atom stereocenters. The Morgan fingerprint density at radius 3 is 2.26 bits per heavy atom. The Bertz CT molecular complexity index is 1390. The first-order chi connectivity index (χ1) is 16.6. The van der Waals surface area contributed by atoms with Gasteiger partial charge in [-0.25, -0.2) is 18.0 Å². The van der Waals surface area contributed by atoms with E-state index in [1.807, 2.05) is 0 Å². The van der Waals surface area contributed by atoms with Crippen LogP contribution in [0.5, 0.6) is 5.75 Å². The average Bonchev–Trinajstić information content (AvgIpc) is 3.24. The normalized spacial score (nSPS) is 11.6. The van der Waals surface area contributed by atoms with Crippen molar-refractivity contribution in [1.82, 2.24) is 4.31 Å². The van der Waals surface area contributed by atoms with Crippen molar-refractivity contribution >= 4 is 55.1 Å². The van der Waals surface area contributed by atoms with Crippen LogP contribution in [-0.4, -0.2) is 50.6 Å². The number of rotatable bonds is 9. The van der Waals surface area contributed by atoms with Gasteiger partial charge >= 0.3 is 11.9 Å². The van der Waals surface area contributed by atoms with E-state index in [-0.39, 0.29) is 49.6 Å². The van der Waals surface area contributed by atoms with Gasteiger partial charge in [-0.15, -0.1) is 0 Å². The van der Waals surface area contributed by atoms with Gasteiger partial charge in [0.05, 0.1) is 26.9 Å². The highest BCUT2D eigenvalue weighted by atomic mass is 79.9. The summed E-state index contributed by atoms with van der Waals surface area (Å²) >= 11 is 3.35. The molecule has 0 aliphatic heterocycles. The quantitative estimate of drug-likeness (QED) is 0.207. The molecule has 0 amide bonds. The molecule has 0 radical (unpaired) electrons. The lowest BCUT2D eigenvalue weighted by molar-refractivity contribution is 0.0524. The number of benzene rings is 2. The smallest absolute Gasteiger partial charge is 0.343 e. The molecule has 0 saturated heterocycles. The van der Waals surface area contributed by atoms with Crippen molar-refractivity contribution in [3.8, 4) is 5.75 Å². The number of carbonyl (C=O) groups is 3. The van der Waals surface area contributed by atoms with E-state index in [1.54, 1.807) is 27.7 Å². The summed E-state index contributed by atoms with van der Waals surface area (Å²) in [5.41, 5.74) is 0.841. The third kappa shape index (κ3) is 5.02. The van der Waals surface area contributed by atoms with Crippen molar-refractivity contribution in [2.75, 3.05) is 19.7 Å². The van der Waals surface area contributed by atoms with Crippen LogP contribution in [0.4, 0.5) is 0 Å². The van der Waals surface area contributed by atoms with Gasteiger partial charge in [0, 0.05) is 13.1 Å². The number of esters is 2. The fraction of sp³-hybridized carbons (Fsp3) is 0.292. The monoisotopic (exact) mass is 565 g/mol. The number of sulfonamides is 1. The maximum Gasteiger partial charge on any atom is 0.343 e. The number of nitrogens with zero attached hydrogens (tertiary/aromatic N) is 1. The number of ether oxygens (including phenoxy) is 2. The highest BCUT2D eigenvalue weighted by Gasteiger charge is 2.28. The van der Waals surface area contributed by atoms with Crippen molar-refractivity contribution in [2.45, 2.75) is 32.6 Å². The number of furan rings is 1. The Labute approximate surface area is 211 Å². The molecule has 35 heavy (non-hydrogen) atoms. The van der Waals surface area contributed by atoms with E-state index < -0.39 is 22.0 Å². The second kappa shape index (κ2) is 10.7. The minimum absolute atomic E-state index is 0.0649. The molecule has 0 saturated carbocycles. The lowest BCUT2D eigenvalue weighted by Gasteiger charge is -2.18. The average molecular weight is 566 g/mol. The van der Waals surface area contributed by atoms with Crippen molar-refractivity contribution in [1.29, 1.82) is 0 Å². The first kappa shape index (κ1) is 26.6. The van der Waals surface area contributed by atoms with Gasteiger partial charge in [-0.05, 0) is 65.7 Å². The number of hydrogen-bond acceptors (Lipinski definition) is 8. The molecule has 3 aromatic rings. The molecule has 1 aromatic heterocycles. The maximum atomic E-state index is 12.8. The summed E-state index contributed by atoms with van der Waals surface area (Å²) in [6, 6.07) is 6.95. The molecule has 0 atom stereocenters. The Morgan fingerprint density at radius 2 is 1.71 bits per heavy atom. The van der Waals surface area contributed by atoms with Crippen LogP contribution in [0.25, 0.3) is 11.0 Å². The molecule has 0 N–H and O–H groups in total. The van der Waals surface area contributed by atoms with Gasteiger partial charge in [0.1, 0.15) is 16.9 Å². The first-order valence-electron chi connectivity index (χ1n) is 10.8. The third-order valence-electron chi connectivity index (χ3n) is 5.30. The van der Waals surface area contributed by atoms with E-state index in [2.05, 4.69) is 15.9 Å². The summed E-state index contributed by atoms with van der Waals surface area (Å²) in [6.45, 7) is 7.54. The van der Waals surface area contributed by atoms with E-state index in [1.165, 1.54) is 34.6 Å². The molecule has 3 rings (SSSR count). The molecule has 0 bridgehead atoms. The van der Waals surface area contributed by atoms with Crippen LogP contribution in [0.15, 0.2) is 44.1 Å². The zero-order valence-electron chi connectivity index (χ0n) is 19.6. The van der Waals surface area contributed by atoms with E-state index >= 15 is 0 Å². The van der Waals surface area contributed by atoms with Crippen LogP contribution in [-0.2, 0) is 14.8 Å². The van der Waals surface area contributed by atoms with Crippen molar-refractivity contribution in [3.63, 3.8) is 0 Å². The first-order valence-corrected chi connectivity index (χ1v) is 13.0. The summed E-state index contributed by atoms with van der Waals surface area (Å²) in [7, 11) is -3.67. The number of carbonyl (C=O) groups excluding carboxylic acids is 3. The molecule has 0 aliphatic rings.